The number of nitrogens with one attached hydrogen (secondary N) is 1. The van der Waals surface area contributed by atoms with Gasteiger partial charge in [-0.3, -0.25) is 4.79 Å². The van der Waals surface area contributed by atoms with E-state index in [9.17, 15) is 4.79 Å². The molecule has 1 heterocycles. The summed E-state index contributed by atoms with van der Waals surface area (Å²) >= 11 is 0. The van der Waals surface area contributed by atoms with Crippen LogP contribution >= 0.6 is 0 Å². The average molecular weight is 289 g/mol. The van der Waals surface area contributed by atoms with Gasteiger partial charge in [0.25, 0.3) is 5.91 Å². The number of carbonyl (C=O) groups excluding carboxylic acids is 1. The topological polar surface area (TPSA) is 58.4 Å². The van der Waals surface area contributed by atoms with E-state index in [-0.39, 0.29) is 5.91 Å². The van der Waals surface area contributed by atoms with E-state index in [0.717, 1.165) is 25.1 Å². The van der Waals surface area contributed by atoms with Crippen LogP contribution < -0.4 is 11.1 Å². The minimum absolute atomic E-state index is 0.0177. The Labute approximate surface area is 127 Å². The number of benzene rings is 1. The van der Waals surface area contributed by atoms with E-state index in [1.54, 1.807) is 0 Å². The van der Waals surface area contributed by atoms with Gasteiger partial charge in [-0.05, 0) is 56.6 Å². The zero-order chi connectivity index (χ0) is 14.9. The molecule has 1 aromatic carbocycles. The SMILES string of the molecule is NCCc1ccc(C(=O)NCCN2CCCCCC2)cc1. The van der Waals surface area contributed by atoms with Crippen LogP contribution in [0, 0.1) is 0 Å². The third-order valence-corrected chi connectivity index (χ3v) is 4.06. The van der Waals surface area contributed by atoms with Crippen molar-refractivity contribution in [1.29, 1.82) is 0 Å². The zero-order valence-electron chi connectivity index (χ0n) is 12.8. The van der Waals surface area contributed by atoms with Gasteiger partial charge in [-0.15, -0.1) is 0 Å². The predicted molar refractivity (Wildman–Crippen MR) is 86.4 cm³/mol. The molecular weight excluding hydrogens is 262 g/mol. The van der Waals surface area contributed by atoms with E-state index in [4.69, 9.17) is 5.73 Å². The number of hydrogen-bond donors (Lipinski definition) is 2. The Hall–Kier alpha value is -1.39. The van der Waals surface area contributed by atoms with Crippen molar-refractivity contribution in [3.05, 3.63) is 35.4 Å². The van der Waals surface area contributed by atoms with Gasteiger partial charge in [-0.25, -0.2) is 0 Å². The van der Waals surface area contributed by atoms with Crippen molar-refractivity contribution in [3.63, 3.8) is 0 Å². The monoisotopic (exact) mass is 289 g/mol. The molecule has 0 spiro atoms. The van der Waals surface area contributed by atoms with Crippen LogP contribution in [-0.4, -0.2) is 43.5 Å². The maximum absolute atomic E-state index is 12.1. The highest BCUT2D eigenvalue weighted by Gasteiger charge is 2.09. The molecule has 0 bridgehead atoms. The summed E-state index contributed by atoms with van der Waals surface area (Å²) in [4.78, 5) is 14.5. The van der Waals surface area contributed by atoms with Gasteiger partial charge in [0, 0.05) is 18.7 Å². The summed E-state index contributed by atoms with van der Waals surface area (Å²) in [5.74, 6) is 0.0177. The third-order valence-electron chi connectivity index (χ3n) is 4.06. The van der Waals surface area contributed by atoms with E-state index < -0.39 is 0 Å². The molecule has 1 fully saturated rings. The van der Waals surface area contributed by atoms with E-state index in [1.807, 2.05) is 24.3 Å². The first kappa shape index (κ1) is 16.0. The van der Waals surface area contributed by atoms with Crippen LogP contribution in [0.2, 0.25) is 0 Å². The number of amides is 1. The maximum atomic E-state index is 12.1. The molecule has 1 aromatic rings. The lowest BCUT2D eigenvalue weighted by Gasteiger charge is -2.19. The van der Waals surface area contributed by atoms with Gasteiger partial charge < -0.3 is 16.0 Å². The zero-order valence-corrected chi connectivity index (χ0v) is 12.8. The molecule has 0 radical (unpaired) electrons. The molecule has 0 saturated carbocycles. The van der Waals surface area contributed by atoms with Gasteiger partial charge in [-0.2, -0.15) is 0 Å². The van der Waals surface area contributed by atoms with Crippen LogP contribution in [0.4, 0.5) is 0 Å². The first-order valence-corrected chi connectivity index (χ1v) is 8.09. The second-order valence-corrected chi connectivity index (χ2v) is 5.75. The maximum Gasteiger partial charge on any atom is 0.251 e. The Kier molecular flexibility index (Phi) is 6.70. The van der Waals surface area contributed by atoms with Crippen molar-refractivity contribution in [2.24, 2.45) is 5.73 Å². The molecular formula is C17H27N3O. The summed E-state index contributed by atoms with van der Waals surface area (Å²) in [5.41, 5.74) is 7.43. The third kappa shape index (κ3) is 5.48. The minimum Gasteiger partial charge on any atom is -0.351 e. The van der Waals surface area contributed by atoms with E-state index in [2.05, 4.69) is 10.2 Å². The van der Waals surface area contributed by atoms with Crippen LogP contribution in [0.15, 0.2) is 24.3 Å². The van der Waals surface area contributed by atoms with Gasteiger partial charge in [0.1, 0.15) is 0 Å². The molecule has 2 rings (SSSR count). The van der Waals surface area contributed by atoms with Crippen LogP contribution in [-0.2, 0) is 6.42 Å². The molecule has 3 N–H and O–H groups in total. The van der Waals surface area contributed by atoms with E-state index in [0.29, 0.717) is 6.54 Å². The molecule has 0 aromatic heterocycles. The van der Waals surface area contributed by atoms with Crippen molar-refractivity contribution in [2.75, 3.05) is 32.7 Å². The Morgan fingerprint density at radius 3 is 2.38 bits per heavy atom. The fourth-order valence-corrected chi connectivity index (χ4v) is 2.78. The Balaban J connectivity index is 1.73. The largest absolute Gasteiger partial charge is 0.351 e. The Bertz CT molecular complexity index is 422. The first-order valence-electron chi connectivity index (χ1n) is 8.09. The normalized spacial score (nSPS) is 16.4. The van der Waals surface area contributed by atoms with Crippen LogP contribution in [0.5, 0.6) is 0 Å². The molecule has 0 atom stereocenters. The number of carbonyl (C=O) groups is 1. The summed E-state index contributed by atoms with van der Waals surface area (Å²) in [7, 11) is 0. The summed E-state index contributed by atoms with van der Waals surface area (Å²) in [5, 5.41) is 3.01. The number of nitrogens with two attached hydrogens (primary N) is 1. The second-order valence-electron chi connectivity index (χ2n) is 5.75. The standard InChI is InChI=1S/C17H27N3O/c18-10-9-15-5-7-16(8-6-15)17(21)19-11-14-20-12-3-1-2-4-13-20/h5-8H,1-4,9-14,18H2,(H,19,21). The summed E-state index contributed by atoms with van der Waals surface area (Å²) in [6.07, 6.45) is 6.12. The van der Waals surface area contributed by atoms with Crippen molar-refractivity contribution in [3.8, 4) is 0 Å². The summed E-state index contributed by atoms with van der Waals surface area (Å²) in [6, 6.07) is 7.73. The Morgan fingerprint density at radius 1 is 1.10 bits per heavy atom. The lowest BCUT2D eigenvalue weighted by Crippen LogP contribution is -2.35. The molecule has 0 unspecified atom stereocenters. The molecule has 4 heteroatoms. The van der Waals surface area contributed by atoms with E-state index >= 15 is 0 Å². The van der Waals surface area contributed by atoms with Crippen molar-refractivity contribution in [1.82, 2.24) is 10.2 Å². The summed E-state index contributed by atoms with van der Waals surface area (Å²) < 4.78 is 0. The molecule has 21 heavy (non-hydrogen) atoms. The van der Waals surface area contributed by atoms with Crippen LogP contribution in [0.25, 0.3) is 0 Å². The van der Waals surface area contributed by atoms with Gasteiger partial charge in [-0.1, -0.05) is 25.0 Å². The van der Waals surface area contributed by atoms with Crippen LogP contribution in [0.3, 0.4) is 0 Å². The van der Waals surface area contributed by atoms with Crippen molar-refractivity contribution in [2.45, 2.75) is 32.1 Å². The lowest BCUT2D eigenvalue weighted by atomic mass is 10.1. The second kappa shape index (κ2) is 8.80. The lowest BCUT2D eigenvalue weighted by molar-refractivity contribution is 0.0948. The average Bonchev–Trinajstić information content (AvgIpc) is 2.77. The predicted octanol–water partition coefficient (Wildman–Crippen LogP) is 1.79. The quantitative estimate of drug-likeness (QED) is 0.839. The molecule has 4 nitrogen and oxygen atoms in total. The molecule has 1 saturated heterocycles. The number of likely N-dealkylation sites (tertiary alicyclic amines) is 1. The van der Waals surface area contributed by atoms with Crippen LogP contribution in [0.1, 0.15) is 41.6 Å². The fraction of sp³-hybridized carbons (Fsp3) is 0.588. The molecule has 0 aliphatic carbocycles. The highest BCUT2D eigenvalue weighted by Crippen LogP contribution is 2.09. The fourth-order valence-electron chi connectivity index (χ4n) is 2.78. The highest BCUT2D eigenvalue weighted by atomic mass is 16.1. The summed E-state index contributed by atoms with van der Waals surface area (Å²) in [6.45, 7) is 4.66. The molecule has 116 valence electrons. The first-order chi connectivity index (χ1) is 10.3. The number of hydrogen-bond acceptors (Lipinski definition) is 3. The molecule has 1 aliphatic rings. The minimum atomic E-state index is 0.0177. The van der Waals surface area contributed by atoms with E-state index in [1.165, 1.54) is 44.3 Å². The van der Waals surface area contributed by atoms with Crippen molar-refractivity contribution < 1.29 is 4.79 Å². The molecule has 1 amide bonds. The van der Waals surface area contributed by atoms with Gasteiger partial charge in [0.05, 0.1) is 0 Å². The molecule has 1 aliphatic heterocycles. The Morgan fingerprint density at radius 2 is 1.76 bits per heavy atom. The van der Waals surface area contributed by atoms with Gasteiger partial charge >= 0.3 is 0 Å². The van der Waals surface area contributed by atoms with Gasteiger partial charge in [0.2, 0.25) is 0 Å². The number of rotatable bonds is 6. The smallest absolute Gasteiger partial charge is 0.251 e. The number of nitrogens with zero attached hydrogens (tertiary/aromatic N) is 1. The van der Waals surface area contributed by atoms with Gasteiger partial charge in [0.15, 0.2) is 0 Å². The highest BCUT2D eigenvalue weighted by molar-refractivity contribution is 5.94. The van der Waals surface area contributed by atoms with Crippen molar-refractivity contribution >= 4 is 5.91 Å².